The van der Waals surface area contributed by atoms with E-state index in [1.807, 2.05) is 0 Å². The number of hydrogen-bond donors (Lipinski definition) is 2. The molecule has 3 heterocycles. The van der Waals surface area contributed by atoms with Crippen LogP contribution in [0.25, 0.3) is 23.0 Å². The third-order valence-electron chi connectivity index (χ3n) is 1.98. The Balaban J connectivity index is 2.07. The van der Waals surface area contributed by atoms with Crippen LogP contribution in [0.2, 0.25) is 0 Å². The normalized spacial score (nSPS) is 10.5. The molecule has 8 heteroatoms. The van der Waals surface area contributed by atoms with Gasteiger partial charge in [0.15, 0.2) is 11.6 Å². The SMILES string of the molecule is c1nc(-c2ncn[nH]2)cc(-c2ncn[nH]2)n1. The standard InChI is InChI=1S/C8H6N8/c1-5(7-11-3-13-15-7)9-2-10-6(1)8-12-4-14-16-8/h1-4H,(H,11,13,15)(H,12,14,16). The van der Waals surface area contributed by atoms with Crippen LogP contribution in [0.3, 0.4) is 0 Å². The van der Waals surface area contributed by atoms with Gasteiger partial charge in [0, 0.05) is 0 Å². The van der Waals surface area contributed by atoms with Gasteiger partial charge in [0.25, 0.3) is 0 Å². The molecule has 3 aromatic rings. The van der Waals surface area contributed by atoms with Gasteiger partial charge in [-0.25, -0.2) is 19.9 Å². The lowest BCUT2D eigenvalue weighted by molar-refractivity contribution is 1.06. The fourth-order valence-electron chi connectivity index (χ4n) is 1.27. The highest BCUT2D eigenvalue weighted by atomic mass is 15.2. The van der Waals surface area contributed by atoms with Crippen LogP contribution < -0.4 is 0 Å². The molecule has 0 aliphatic carbocycles. The summed E-state index contributed by atoms with van der Waals surface area (Å²) in [4.78, 5) is 16.2. The lowest BCUT2D eigenvalue weighted by Gasteiger charge is -1.97. The van der Waals surface area contributed by atoms with Crippen molar-refractivity contribution in [1.82, 2.24) is 40.3 Å². The molecule has 0 unspecified atom stereocenters. The van der Waals surface area contributed by atoms with E-state index in [1.54, 1.807) is 6.07 Å². The average molecular weight is 214 g/mol. The van der Waals surface area contributed by atoms with Crippen LogP contribution in [0.5, 0.6) is 0 Å². The summed E-state index contributed by atoms with van der Waals surface area (Å²) in [7, 11) is 0. The van der Waals surface area contributed by atoms with E-state index in [-0.39, 0.29) is 0 Å². The van der Waals surface area contributed by atoms with Crippen molar-refractivity contribution in [3.05, 3.63) is 25.0 Å². The minimum atomic E-state index is 0.586. The first-order valence-corrected chi connectivity index (χ1v) is 4.47. The summed E-state index contributed by atoms with van der Waals surface area (Å²) in [5.41, 5.74) is 1.30. The maximum absolute atomic E-state index is 4.08. The number of H-pyrrole nitrogens is 2. The fourth-order valence-corrected chi connectivity index (χ4v) is 1.27. The summed E-state index contributed by atoms with van der Waals surface area (Å²) in [6.45, 7) is 0. The fraction of sp³-hybridized carbons (Fsp3) is 0. The zero-order valence-corrected chi connectivity index (χ0v) is 7.99. The summed E-state index contributed by atoms with van der Waals surface area (Å²) in [5, 5.41) is 13.0. The molecular formula is C8H6N8. The van der Waals surface area contributed by atoms with Crippen LogP contribution >= 0.6 is 0 Å². The zero-order valence-electron chi connectivity index (χ0n) is 7.99. The van der Waals surface area contributed by atoms with Crippen molar-refractivity contribution < 1.29 is 0 Å². The minimum absolute atomic E-state index is 0.586. The number of rotatable bonds is 2. The summed E-state index contributed by atoms with van der Waals surface area (Å²) in [5.74, 6) is 1.17. The molecule has 0 aliphatic heterocycles. The summed E-state index contributed by atoms with van der Waals surface area (Å²) in [6.07, 6.45) is 4.28. The van der Waals surface area contributed by atoms with E-state index in [1.165, 1.54) is 19.0 Å². The molecular weight excluding hydrogens is 208 g/mol. The third-order valence-corrected chi connectivity index (χ3v) is 1.98. The summed E-state index contributed by atoms with van der Waals surface area (Å²) < 4.78 is 0. The third kappa shape index (κ3) is 1.41. The van der Waals surface area contributed by atoms with Gasteiger partial charge in [-0.2, -0.15) is 10.2 Å². The van der Waals surface area contributed by atoms with Crippen molar-refractivity contribution in [2.24, 2.45) is 0 Å². The maximum atomic E-state index is 4.08. The first kappa shape index (κ1) is 8.65. The minimum Gasteiger partial charge on any atom is -0.258 e. The maximum Gasteiger partial charge on any atom is 0.174 e. The van der Waals surface area contributed by atoms with Crippen molar-refractivity contribution in [2.75, 3.05) is 0 Å². The topological polar surface area (TPSA) is 109 Å². The molecule has 0 radical (unpaired) electrons. The Kier molecular flexibility index (Phi) is 1.89. The van der Waals surface area contributed by atoms with Crippen molar-refractivity contribution >= 4 is 0 Å². The highest BCUT2D eigenvalue weighted by Crippen LogP contribution is 2.15. The van der Waals surface area contributed by atoms with Crippen LogP contribution in [0, 0.1) is 0 Å². The summed E-state index contributed by atoms with van der Waals surface area (Å²) >= 11 is 0. The predicted molar refractivity (Wildman–Crippen MR) is 52.8 cm³/mol. The Morgan fingerprint density at radius 2 is 1.25 bits per heavy atom. The highest BCUT2D eigenvalue weighted by molar-refractivity contribution is 5.57. The Bertz CT molecular complexity index is 520. The molecule has 3 aromatic heterocycles. The van der Waals surface area contributed by atoms with Gasteiger partial charge in [0.2, 0.25) is 0 Å². The molecule has 0 amide bonds. The highest BCUT2D eigenvalue weighted by Gasteiger charge is 2.07. The van der Waals surface area contributed by atoms with Gasteiger partial charge in [0.1, 0.15) is 30.4 Å². The molecule has 3 rings (SSSR count). The molecule has 0 fully saturated rings. The number of aromatic nitrogens is 8. The quantitative estimate of drug-likeness (QED) is 0.623. The van der Waals surface area contributed by atoms with E-state index in [4.69, 9.17) is 0 Å². The summed E-state index contributed by atoms with van der Waals surface area (Å²) in [6, 6.07) is 1.75. The second-order valence-corrected chi connectivity index (χ2v) is 2.96. The van der Waals surface area contributed by atoms with Crippen molar-refractivity contribution in [1.29, 1.82) is 0 Å². The molecule has 0 spiro atoms. The van der Waals surface area contributed by atoms with E-state index in [0.717, 1.165) is 0 Å². The number of hydrogen-bond acceptors (Lipinski definition) is 6. The van der Waals surface area contributed by atoms with E-state index in [9.17, 15) is 0 Å². The van der Waals surface area contributed by atoms with E-state index >= 15 is 0 Å². The number of nitrogens with one attached hydrogen (secondary N) is 2. The van der Waals surface area contributed by atoms with Crippen LogP contribution in [-0.2, 0) is 0 Å². The van der Waals surface area contributed by atoms with Gasteiger partial charge in [-0.15, -0.1) is 0 Å². The van der Waals surface area contributed by atoms with Crippen LogP contribution in [0.1, 0.15) is 0 Å². The lowest BCUT2D eigenvalue weighted by atomic mass is 10.3. The first-order chi connectivity index (χ1) is 7.93. The van der Waals surface area contributed by atoms with Crippen LogP contribution in [0.4, 0.5) is 0 Å². The largest absolute Gasteiger partial charge is 0.258 e. The molecule has 78 valence electrons. The van der Waals surface area contributed by atoms with Gasteiger partial charge >= 0.3 is 0 Å². The molecule has 0 saturated carbocycles. The van der Waals surface area contributed by atoms with Gasteiger partial charge in [-0.1, -0.05) is 0 Å². The Labute approximate surface area is 89.2 Å². The van der Waals surface area contributed by atoms with Crippen molar-refractivity contribution in [2.45, 2.75) is 0 Å². The Hall–Kier alpha value is -2.64. The van der Waals surface area contributed by atoms with Crippen molar-refractivity contribution in [3.8, 4) is 23.0 Å². The second-order valence-electron chi connectivity index (χ2n) is 2.96. The Morgan fingerprint density at radius 1 is 0.688 bits per heavy atom. The zero-order chi connectivity index (χ0) is 10.8. The van der Waals surface area contributed by atoms with E-state index < -0.39 is 0 Å². The molecule has 0 aromatic carbocycles. The average Bonchev–Trinajstić information content (AvgIpc) is 3.03. The van der Waals surface area contributed by atoms with Crippen molar-refractivity contribution in [3.63, 3.8) is 0 Å². The van der Waals surface area contributed by atoms with Crippen LogP contribution in [0.15, 0.2) is 25.0 Å². The number of nitrogens with zero attached hydrogens (tertiary/aromatic N) is 6. The monoisotopic (exact) mass is 214 g/mol. The second kappa shape index (κ2) is 3.50. The van der Waals surface area contributed by atoms with Gasteiger partial charge < -0.3 is 0 Å². The van der Waals surface area contributed by atoms with Gasteiger partial charge in [0.05, 0.1) is 0 Å². The van der Waals surface area contributed by atoms with E-state index in [0.29, 0.717) is 23.0 Å². The molecule has 0 atom stereocenters. The molecule has 16 heavy (non-hydrogen) atoms. The van der Waals surface area contributed by atoms with Gasteiger partial charge in [-0.05, 0) is 6.07 Å². The predicted octanol–water partition coefficient (Wildman–Crippen LogP) is 0.0468. The van der Waals surface area contributed by atoms with Crippen LogP contribution in [-0.4, -0.2) is 40.3 Å². The molecule has 0 bridgehead atoms. The Morgan fingerprint density at radius 3 is 1.69 bits per heavy atom. The number of aromatic amines is 2. The smallest absolute Gasteiger partial charge is 0.174 e. The first-order valence-electron chi connectivity index (χ1n) is 4.47. The van der Waals surface area contributed by atoms with Gasteiger partial charge in [-0.3, -0.25) is 10.2 Å². The molecule has 8 nitrogen and oxygen atoms in total. The molecule has 0 aliphatic rings. The molecule has 2 N–H and O–H groups in total. The molecule has 0 saturated heterocycles. The van der Waals surface area contributed by atoms with E-state index in [2.05, 4.69) is 40.3 Å². The lowest BCUT2D eigenvalue weighted by Crippen LogP contribution is -1.92.